The summed E-state index contributed by atoms with van der Waals surface area (Å²) in [5, 5.41) is 0. The molecule has 1 N–H and O–H groups in total. The van der Waals surface area contributed by atoms with Crippen LogP contribution in [0.2, 0.25) is 0 Å². The normalized spacial score (nSPS) is 12.0. The summed E-state index contributed by atoms with van der Waals surface area (Å²) in [6, 6.07) is 0. The van der Waals surface area contributed by atoms with Crippen LogP contribution in [0.1, 0.15) is 39.4 Å². The predicted octanol–water partition coefficient (Wildman–Crippen LogP) is 2.20. The van der Waals surface area contributed by atoms with Crippen LogP contribution in [0, 0.1) is 0 Å². The number of allylic oxidation sites excluding steroid dienone is 4. The molecule has 0 aliphatic carbocycles. The summed E-state index contributed by atoms with van der Waals surface area (Å²) in [4.78, 5) is 30.4. The highest BCUT2D eigenvalue weighted by Crippen LogP contribution is 2.12. The predicted molar refractivity (Wildman–Crippen MR) is 92.7 cm³/mol. The Labute approximate surface area is 135 Å². The monoisotopic (exact) mass is 316 g/mol. The molecule has 0 fully saturated rings. The molecule has 0 radical (unpaired) electrons. The Hall–Kier alpha value is -2.37. The molecule has 2 aromatic rings. The van der Waals surface area contributed by atoms with E-state index in [4.69, 9.17) is 0 Å². The number of hydrogen-bond donors (Lipinski definition) is 1. The molecule has 0 aromatic carbocycles. The van der Waals surface area contributed by atoms with E-state index in [1.54, 1.807) is 18.7 Å². The van der Waals surface area contributed by atoms with Crippen LogP contribution in [0.4, 0.5) is 0 Å². The second kappa shape index (κ2) is 6.81. The number of aromatic nitrogens is 4. The van der Waals surface area contributed by atoms with Crippen molar-refractivity contribution in [2.45, 2.75) is 40.0 Å². The number of rotatable bonds is 5. The first-order valence-corrected chi connectivity index (χ1v) is 7.75. The number of imidazole rings is 1. The molecular weight excluding hydrogens is 292 g/mol. The van der Waals surface area contributed by atoms with E-state index in [1.807, 2.05) is 0 Å². The van der Waals surface area contributed by atoms with Crippen molar-refractivity contribution in [3.8, 4) is 0 Å². The Bertz CT molecular complexity index is 890. The molecule has 124 valence electrons. The van der Waals surface area contributed by atoms with Gasteiger partial charge in [-0.05, 0) is 33.6 Å². The van der Waals surface area contributed by atoms with Crippen LogP contribution in [0.3, 0.4) is 0 Å². The lowest BCUT2D eigenvalue weighted by Crippen LogP contribution is -2.29. The zero-order valence-electron chi connectivity index (χ0n) is 14.4. The topological polar surface area (TPSA) is 72.7 Å². The number of aryl methyl sites for hydroxylation is 2. The second-order valence-corrected chi connectivity index (χ2v) is 6.15. The molecule has 2 heterocycles. The standard InChI is InChI=1S/C17H24N4O2/c1-11(2)7-6-8-12(3)9-10-13-18-15-14(20(13)4)16(22)19-17(23)21(15)5/h7,9H,6,8,10H2,1-5H3,(H,19,22,23)/b12-9+. The molecule has 2 aromatic heterocycles. The van der Waals surface area contributed by atoms with Crippen molar-refractivity contribution in [3.05, 3.63) is 50.0 Å². The SMILES string of the molecule is CC(C)=CCC/C(C)=C/Cc1nc2c(c(=O)[nH]c(=O)n2C)n1C. The lowest BCUT2D eigenvalue weighted by Gasteiger charge is -2.01. The Morgan fingerprint density at radius 3 is 2.48 bits per heavy atom. The van der Waals surface area contributed by atoms with Crippen LogP contribution >= 0.6 is 0 Å². The molecule has 6 nitrogen and oxygen atoms in total. The average Bonchev–Trinajstić information content (AvgIpc) is 2.80. The quantitative estimate of drug-likeness (QED) is 0.859. The fourth-order valence-corrected chi connectivity index (χ4v) is 2.49. The molecule has 0 saturated carbocycles. The first-order valence-electron chi connectivity index (χ1n) is 7.75. The van der Waals surface area contributed by atoms with Crippen LogP contribution in [-0.4, -0.2) is 19.1 Å². The van der Waals surface area contributed by atoms with Gasteiger partial charge in [0.15, 0.2) is 11.2 Å². The van der Waals surface area contributed by atoms with Gasteiger partial charge < -0.3 is 4.57 Å². The van der Waals surface area contributed by atoms with Gasteiger partial charge in [0.25, 0.3) is 5.56 Å². The smallest absolute Gasteiger partial charge is 0.325 e. The number of H-pyrrole nitrogens is 1. The summed E-state index contributed by atoms with van der Waals surface area (Å²) in [6.07, 6.45) is 7.03. The van der Waals surface area contributed by atoms with Crippen molar-refractivity contribution in [2.75, 3.05) is 0 Å². The summed E-state index contributed by atoms with van der Waals surface area (Å²) in [6.45, 7) is 6.30. The van der Waals surface area contributed by atoms with E-state index in [1.165, 1.54) is 15.7 Å². The van der Waals surface area contributed by atoms with Gasteiger partial charge in [0.2, 0.25) is 0 Å². The number of nitrogens with zero attached hydrogens (tertiary/aromatic N) is 3. The number of fused-ring (bicyclic) bond motifs is 1. The van der Waals surface area contributed by atoms with Gasteiger partial charge in [-0.15, -0.1) is 0 Å². The van der Waals surface area contributed by atoms with Gasteiger partial charge >= 0.3 is 5.69 Å². The van der Waals surface area contributed by atoms with Gasteiger partial charge in [-0.3, -0.25) is 14.3 Å². The molecule has 0 aliphatic rings. The Balaban J connectivity index is 2.28. The van der Waals surface area contributed by atoms with Crippen molar-refractivity contribution in [3.63, 3.8) is 0 Å². The van der Waals surface area contributed by atoms with E-state index >= 15 is 0 Å². The van der Waals surface area contributed by atoms with Crippen LogP contribution in [0.15, 0.2) is 32.9 Å². The summed E-state index contributed by atoms with van der Waals surface area (Å²) >= 11 is 0. The van der Waals surface area contributed by atoms with Crippen LogP contribution < -0.4 is 11.2 Å². The summed E-state index contributed by atoms with van der Waals surface area (Å²) in [5.41, 5.74) is 2.63. The Morgan fingerprint density at radius 1 is 1.13 bits per heavy atom. The van der Waals surface area contributed by atoms with E-state index in [2.05, 4.69) is 42.9 Å². The largest absolute Gasteiger partial charge is 0.329 e. The van der Waals surface area contributed by atoms with E-state index in [-0.39, 0.29) is 0 Å². The van der Waals surface area contributed by atoms with Crippen LogP contribution in [-0.2, 0) is 20.5 Å². The fourth-order valence-electron chi connectivity index (χ4n) is 2.49. The summed E-state index contributed by atoms with van der Waals surface area (Å²) < 4.78 is 3.12. The van der Waals surface area contributed by atoms with Gasteiger partial charge in [-0.25, -0.2) is 9.78 Å². The van der Waals surface area contributed by atoms with Gasteiger partial charge in [-0.2, -0.15) is 0 Å². The minimum atomic E-state index is -0.444. The highest BCUT2D eigenvalue weighted by atomic mass is 16.2. The zero-order valence-corrected chi connectivity index (χ0v) is 14.4. The maximum absolute atomic E-state index is 12.0. The molecule has 0 aliphatic heterocycles. The molecule has 6 heteroatoms. The van der Waals surface area contributed by atoms with Crippen LogP contribution in [0.5, 0.6) is 0 Å². The zero-order chi connectivity index (χ0) is 17.1. The minimum Gasteiger partial charge on any atom is -0.325 e. The number of hydrogen-bond acceptors (Lipinski definition) is 3. The van der Waals surface area contributed by atoms with Gasteiger partial charge in [0.1, 0.15) is 5.82 Å². The Morgan fingerprint density at radius 2 is 1.83 bits per heavy atom. The van der Waals surface area contributed by atoms with Gasteiger partial charge in [-0.1, -0.05) is 23.3 Å². The van der Waals surface area contributed by atoms with Crippen molar-refractivity contribution >= 4 is 11.2 Å². The van der Waals surface area contributed by atoms with Crippen LogP contribution in [0.25, 0.3) is 11.2 Å². The fraction of sp³-hybridized carbons (Fsp3) is 0.471. The lowest BCUT2D eigenvalue weighted by atomic mass is 10.1. The Kier molecular flexibility index (Phi) is 5.03. The van der Waals surface area contributed by atoms with E-state index in [0.29, 0.717) is 17.6 Å². The minimum absolute atomic E-state index is 0.395. The molecular formula is C17H24N4O2. The molecule has 0 unspecified atom stereocenters. The highest BCUT2D eigenvalue weighted by Gasteiger charge is 2.13. The number of aromatic amines is 1. The second-order valence-electron chi connectivity index (χ2n) is 6.15. The molecule has 23 heavy (non-hydrogen) atoms. The highest BCUT2D eigenvalue weighted by molar-refractivity contribution is 5.70. The van der Waals surface area contributed by atoms with Crippen molar-refractivity contribution in [2.24, 2.45) is 14.1 Å². The maximum Gasteiger partial charge on any atom is 0.329 e. The molecule has 2 rings (SSSR count). The summed E-state index contributed by atoms with van der Waals surface area (Å²) in [5.74, 6) is 0.772. The van der Waals surface area contributed by atoms with E-state index < -0.39 is 11.2 Å². The summed E-state index contributed by atoms with van der Waals surface area (Å²) in [7, 11) is 3.41. The van der Waals surface area contributed by atoms with E-state index in [9.17, 15) is 9.59 Å². The lowest BCUT2D eigenvalue weighted by molar-refractivity contribution is 0.828. The number of nitrogens with one attached hydrogen (secondary N) is 1. The maximum atomic E-state index is 12.0. The first-order chi connectivity index (χ1) is 10.8. The molecule has 0 amide bonds. The van der Waals surface area contributed by atoms with Gasteiger partial charge in [0, 0.05) is 20.5 Å². The third kappa shape index (κ3) is 3.70. The van der Waals surface area contributed by atoms with Crippen molar-refractivity contribution in [1.29, 1.82) is 0 Å². The van der Waals surface area contributed by atoms with E-state index in [0.717, 1.165) is 18.7 Å². The average molecular weight is 316 g/mol. The molecule has 0 spiro atoms. The molecule has 0 saturated heterocycles. The van der Waals surface area contributed by atoms with Crippen molar-refractivity contribution in [1.82, 2.24) is 19.1 Å². The molecule has 0 atom stereocenters. The molecule has 0 bridgehead atoms. The van der Waals surface area contributed by atoms with Crippen molar-refractivity contribution < 1.29 is 0 Å². The van der Waals surface area contributed by atoms with Gasteiger partial charge in [0.05, 0.1) is 0 Å². The third-order valence-corrected chi connectivity index (χ3v) is 3.95. The third-order valence-electron chi connectivity index (χ3n) is 3.95. The first kappa shape index (κ1) is 17.0.